The van der Waals surface area contributed by atoms with E-state index in [9.17, 15) is 0 Å². The first-order chi connectivity index (χ1) is 21.6. The molecule has 0 saturated carbocycles. The van der Waals surface area contributed by atoms with Gasteiger partial charge in [0, 0.05) is 24.2 Å². The third-order valence-corrected chi connectivity index (χ3v) is 9.39. The van der Waals surface area contributed by atoms with E-state index in [2.05, 4.69) is 59.7 Å². The summed E-state index contributed by atoms with van der Waals surface area (Å²) < 4.78 is 37.0. The zero-order valence-corrected chi connectivity index (χ0v) is 25.3. The summed E-state index contributed by atoms with van der Waals surface area (Å²) in [6.07, 6.45) is 3.38. The van der Waals surface area contributed by atoms with Gasteiger partial charge in [0.05, 0.1) is 14.2 Å². The van der Waals surface area contributed by atoms with Crippen molar-refractivity contribution in [3.63, 3.8) is 0 Å². The molecule has 0 aliphatic carbocycles. The molecule has 9 rings (SSSR count). The Kier molecular flexibility index (Phi) is 6.76. The first-order valence-electron chi connectivity index (χ1n) is 15.3. The molecule has 0 unspecified atom stereocenters. The maximum Gasteiger partial charge on any atom is 0.231 e. The summed E-state index contributed by atoms with van der Waals surface area (Å²) in [5.74, 6) is 5.66. The molecule has 0 saturated heterocycles. The van der Waals surface area contributed by atoms with Gasteiger partial charge in [-0.15, -0.1) is 0 Å². The minimum atomic E-state index is 0.0729. The molecule has 0 aromatic heterocycles. The summed E-state index contributed by atoms with van der Waals surface area (Å²) >= 11 is 0. The second-order valence-electron chi connectivity index (χ2n) is 12.0. The van der Waals surface area contributed by atoms with Crippen LogP contribution in [0, 0.1) is 0 Å². The first-order valence-corrected chi connectivity index (χ1v) is 15.3. The van der Waals surface area contributed by atoms with Crippen molar-refractivity contribution in [2.45, 2.75) is 37.8 Å². The molecule has 4 aromatic rings. The Morgan fingerprint density at radius 3 is 2.41 bits per heavy atom. The molecular weight excluding hydrogens is 556 g/mol. The van der Waals surface area contributed by atoms with E-state index >= 15 is 0 Å². The van der Waals surface area contributed by atoms with Crippen molar-refractivity contribution < 1.29 is 28.4 Å². The number of nitrogens with zero attached hydrogens (tertiary/aromatic N) is 1. The monoisotopic (exact) mass is 592 g/mol. The maximum absolute atomic E-state index is 6.96. The van der Waals surface area contributed by atoms with E-state index in [1.54, 1.807) is 14.2 Å². The fourth-order valence-electron chi connectivity index (χ4n) is 7.07. The molecule has 1 N–H and O–H groups in total. The Morgan fingerprint density at radius 2 is 1.57 bits per heavy atom. The van der Waals surface area contributed by atoms with Crippen molar-refractivity contribution in [2.24, 2.45) is 0 Å². The van der Waals surface area contributed by atoms with Crippen LogP contribution in [-0.4, -0.2) is 46.0 Å². The predicted molar refractivity (Wildman–Crippen MR) is 166 cm³/mol. The fraction of sp³-hybridized carbons (Fsp3) is 0.333. The van der Waals surface area contributed by atoms with Gasteiger partial charge < -0.3 is 33.7 Å². The molecule has 0 fully saturated rings. The topological polar surface area (TPSA) is 70.7 Å². The van der Waals surface area contributed by atoms with E-state index in [4.69, 9.17) is 28.4 Å². The lowest BCUT2D eigenvalue weighted by molar-refractivity contribution is 0.171. The summed E-state index contributed by atoms with van der Waals surface area (Å²) in [5.41, 5.74) is 7.17. The van der Waals surface area contributed by atoms with Crippen molar-refractivity contribution >= 4 is 0 Å². The van der Waals surface area contributed by atoms with Gasteiger partial charge >= 0.3 is 0 Å². The summed E-state index contributed by atoms with van der Waals surface area (Å²) in [4.78, 5) is 2.40. The third kappa shape index (κ3) is 4.69. The molecular formula is C36H36N2O6. The van der Waals surface area contributed by atoms with Gasteiger partial charge in [-0.05, 0) is 110 Å². The zero-order chi connectivity index (χ0) is 29.8. The lowest BCUT2D eigenvalue weighted by Crippen LogP contribution is -2.34. The number of ether oxygens (including phenoxy) is 6. The van der Waals surface area contributed by atoms with E-state index in [1.807, 2.05) is 18.2 Å². The van der Waals surface area contributed by atoms with Crippen LogP contribution >= 0.6 is 0 Å². The Bertz CT molecular complexity index is 1740. The Balaban J connectivity index is 1.33. The van der Waals surface area contributed by atoms with Gasteiger partial charge in [-0.25, -0.2) is 0 Å². The molecule has 0 radical (unpaired) electrons. The zero-order valence-electron chi connectivity index (χ0n) is 25.3. The van der Waals surface area contributed by atoms with Gasteiger partial charge in [-0.2, -0.15) is 0 Å². The van der Waals surface area contributed by atoms with Crippen LogP contribution in [0.4, 0.5) is 0 Å². The molecule has 5 aliphatic rings. The minimum Gasteiger partial charge on any atom is -0.493 e. The van der Waals surface area contributed by atoms with Crippen LogP contribution in [0.2, 0.25) is 0 Å². The van der Waals surface area contributed by atoms with E-state index < -0.39 is 0 Å². The molecule has 5 heterocycles. The highest BCUT2D eigenvalue weighted by Gasteiger charge is 2.35. The summed E-state index contributed by atoms with van der Waals surface area (Å²) in [7, 11) is 5.56. The first kappa shape index (κ1) is 27.2. The molecule has 226 valence electrons. The van der Waals surface area contributed by atoms with E-state index in [1.165, 1.54) is 22.3 Å². The van der Waals surface area contributed by atoms with Gasteiger partial charge in [-0.1, -0.05) is 18.2 Å². The maximum atomic E-state index is 6.96. The number of hydrogen-bond donors (Lipinski definition) is 1. The Morgan fingerprint density at radius 1 is 0.750 bits per heavy atom. The number of nitrogens with one attached hydrogen (secondary N) is 1. The highest BCUT2D eigenvalue weighted by Crippen LogP contribution is 2.53. The largest absolute Gasteiger partial charge is 0.493 e. The number of benzene rings is 4. The molecule has 4 aromatic carbocycles. The van der Waals surface area contributed by atoms with Crippen molar-refractivity contribution in [2.75, 3.05) is 41.1 Å². The van der Waals surface area contributed by atoms with Crippen LogP contribution < -0.4 is 33.7 Å². The van der Waals surface area contributed by atoms with E-state index in [-0.39, 0.29) is 18.9 Å². The van der Waals surface area contributed by atoms with Crippen molar-refractivity contribution in [1.82, 2.24) is 10.2 Å². The number of methoxy groups -OCH3 is 2. The average molecular weight is 593 g/mol. The molecule has 8 heteroatoms. The van der Waals surface area contributed by atoms with E-state index in [0.717, 1.165) is 61.4 Å². The Labute approximate surface area is 257 Å². The van der Waals surface area contributed by atoms with Gasteiger partial charge in [0.2, 0.25) is 12.5 Å². The molecule has 5 aliphatic heterocycles. The summed E-state index contributed by atoms with van der Waals surface area (Å²) in [6, 6.07) is 21.1. The second-order valence-corrected chi connectivity index (χ2v) is 12.0. The van der Waals surface area contributed by atoms with Gasteiger partial charge in [0.25, 0.3) is 0 Å². The molecule has 0 spiro atoms. The van der Waals surface area contributed by atoms with Crippen LogP contribution in [0.3, 0.4) is 0 Å². The van der Waals surface area contributed by atoms with Crippen molar-refractivity contribution in [3.05, 3.63) is 94.0 Å². The lowest BCUT2D eigenvalue weighted by atomic mass is 9.87. The molecule has 0 amide bonds. The van der Waals surface area contributed by atoms with Crippen LogP contribution in [0.1, 0.15) is 45.5 Å². The lowest BCUT2D eigenvalue weighted by Gasteiger charge is -2.36. The van der Waals surface area contributed by atoms with Crippen molar-refractivity contribution in [3.8, 4) is 46.0 Å². The molecule has 44 heavy (non-hydrogen) atoms. The molecule has 2 atom stereocenters. The van der Waals surface area contributed by atoms with Gasteiger partial charge in [0.1, 0.15) is 5.75 Å². The second kappa shape index (κ2) is 10.9. The van der Waals surface area contributed by atoms with Crippen LogP contribution in [0.5, 0.6) is 46.0 Å². The SMILES string of the molecule is COc1ccc2cc1Oc1ccc(cc1)C[C@@H]1c3c(cc4c(c3Oc3cc5c(cc3OC)CCN[C@@H]5C2)OCO4)CCN1C. The van der Waals surface area contributed by atoms with E-state index in [0.29, 0.717) is 34.5 Å². The number of fused-ring (bicyclic) bond motifs is 3. The highest BCUT2D eigenvalue weighted by atomic mass is 16.7. The highest BCUT2D eigenvalue weighted by molar-refractivity contribution is 5.64. The normalized spacial score (nSPS) is 20.1. The molecule has 8 nitrogen and oxygen atoms in total. The predicted octanol–water partition coefficient (Wildman–Crippen LogP) is 6.53. The quantitative estimate of drug-likeness (QED) is 0.282. The fourth-order valence-corrected chi connectivity index (χ4v) is 7.07. The summed E-state index contributed by atoms with van der Waals surface area (Å²) in [5, 5.41) is 3.74. The van der Waals surface area contributed by atoms with Gasteiger partial charge in [-0.3, -0.25) is 4.90 Å². The minimum absolute atomic E-state index is 0.0729. The third-order valence-electron chi connectivity index (χ3n) is 9.39. The summed E-state index contributed by atoms with van der Waals surface area (Å²) in [6.45, 7) is 1.99. The Hall–Kier alpha value is -4.40. The van der Waals surface area contributed by atoms with Crippen LogP contribution in [-0.2, 0) is 25.7 Å². The number of rotatable bonds is 2. The van der Waals surface area contributed by atoms with Crippen LogP contribution in [0.15, 0.2) is 60.7 Å². The average Bonchev–Trinajstić information content (AvgIpc) is 3.52. The number of likely N-dealkylation sites (N-methyl/N-ethyl adjacent to an activating group) is 1. The smallest absolute Gasteiger partial charge is 0.231 e. The van der Waals surface area contributed by atoms with Crippen LogP contribution in [0.25, 0.3) is 0 Å². The van der Waals surface area contributed by atoms with Gasteiger partial charge in [0.15, 0.2) is 34.5 Å². The number of hydrogen-bond acceptors (Lipinski definition) is 8. The standard InChI is InChI=1S/C36H36N2O6/c1-38-13-11-24-18-33-35(42-20-41-33)36-34(24)28(38)15-21-4-7-25(8-5-21)43-31-16-22(6-9-29(31)39-2)14-27-26-19-32(44-36)30(40-3)17-23(26)10-12-37-27/h4-9,16-19,27-28,37H,10-15,20H2,1-3H3/t27-,28-/m1/s1. The molecule has 6 bridgehead atoms. The van der Waals surface area contributed by atoms with Crippen molar-refractivity contribution in [1.29, 1.82) is 0 Å².